The van der Waals surface area contributed by atoms with Crippen LogP contribution in [0, 0.1) is 5.92 Å². The van der Waals surface area contributed by atoms with Crippen molar-refractivity contribution in [1.29, 1.82) is 0 Å². The third kappa shape index (κ3) is 13.5. The minimum atomic E-state index is -1.51. The zero-order chi connectivity index (χ0) is 35.1. The van der Waals surface area contributed by atoms with Gasteiger partial charge in [0.25, 0.3) is 0 Å². The lowest BCUT2D eigenvalue weighted by Crippen LogP contribution is -2.59. The Morgan fingerprint density at radius 1 is 0.681 bits per heavy atom. The van der Waals surface area contributed by atoms with Crippen LogP contribution in [0.15, 0.2) is 54.6 Å². The Balaban J connectivity index is 2.21. The summed E-state index contributed by atoms with van der Waals surface area (Å²) >= 11 is 0. The van der Waals surface area contributed by atoms with Gasteiger partial charge in [0, 0.05) is 12.8 Å². The number of carbonyl (C=O) groups excluding carboxylic acids is 4. The number of aliphatic carboxylic acids is 2. The lowest BCUT2D eigenvalue weighted by atomic mass is 10.00. The molecule has 0 spiro atoms. The summed E-state index contributed by atoms with van der Waals surface area (Å²) in [6.07, 6.45) is -0.768. The van der Waals surface area contributed by atoms with E-state index in [0.717, 1.165) is 0 Å². The molecule has 0 heterocycles. The van der Waals surface area contributed by atoms with Crippen molar-refractivity contribution in [2.75, 3.05) is 6.61 Å². The van der Waals surface area contributed by atoms with Gasteiger partial charge in [-0.15, -0.1) is 0 Å². The maximum Gasteiger partial charge on any atom is 0.326 e. The average Bonchev–Trinajstić information content (AvgIpc) is 3.01. The summed E-state index contributed by atoms with van der Waals surface area (Å²) in [5.74, 6) is -6.09. The highest BCUT2D eigenvalue weighted by molar-refractivity contribution is 5.95. The monoisotopic (exact) mass is 657 g/mol. The lowest BCUT2D eigenvalue weighted by Gasteiger charge is -2.27. The number of hydrogen-bond donors (Lipinski definition) is 9. The quantitative estimate of drug-likeness (QED) is 0.0924. The van der Waals surface area contributed by atoms with Crippen molar-refractivity contribution in [3.8, 4) is 5.75 Å². The fourth-order valence-corrected chi connectivity index (χ4v) is 4.56. The molecule has 0 radical (unpaired) electrons. The standard InChI is InChI=1S/C32H43N5O10/c1-18(2)14-24(29(43)34-23(32(46)47)12-13-27(40)41)35-30(44)25(16-19-6-4-3-5-7-19)36-31(45)26(17-38)37-28(42)22(33)15-20-8-10-21(39)11-9-20/h3-11,18,22-26,38-39H,12-17,33H2,1-2H3,(H,34,43)(H,35,44)(H,36,45)(H,37,42)(H,40,41)(H,46,47)/t22-,23-,24-,25-,26-/m0/s1. The normalized spacial score (nSPS) is 14.1. The number of aromatic hydroxyl groups is 1. The van der Waals surface area contributed by atoms with Crippen LogP contribution in [-0.2, 0) is 41.6 Å². The van der Waals surface area contributed by atoms with E-state index >= 15 is 0 Å². The highest BCUT2D eigenvalue weighted by atomic mass is 16.4. The molecule has 0 aliphatic heterocycles. The molecule has 0 unspecified atom stereocenters. The number of carbonyl (C=O) groups is 6. The topological polar surface area (TPSA) is 257 Å². The van der Waals surface area contributed by atoms with E-state index < -0.39 is 78.8 Å². The third-order valence-corrected chi connectivity index (χ3v) is 7.06. The summed E-state index contributed by atoms with van der Waals surface area (Å²) in [4.78, 5) is 75.3. The molecule has 47 heavy (non-hydrogen) atoms. The Bertz CT molecular complexity index is 1370. The number of nitrogens with two attached hydrogens (primary N) is 1. The molecule has 2 aromatic carbocycles. The Labute approximate surface area is 271 Å². The van der Waals surface area contributed by atoms with Gasteiger partial charge in [-0.25, -0.2) is 4.79 Å². The number of carboxylic acid groups (broad SMARTS) is 2. The molecule has 256 valence electrons. The molecular formula is C32H43N5O10. The van der Waals surface area contributed by atoms with E-state index in [1.165, 1.54) is 12.1 Å². The van der Waals surface area contributed by atoms with E-state index in [0.29, 0.717) is 11.1 Å². The molecule has 0 fully saturated rings. The summed E-state index contributed by atoms with van der Waals surface area (Å²) in [5, 5.41) is 47.5. The molecule has 0 saturated heterocycles. The Kier molecular flexibility index (Phi) is 15.3. The third-order valence-electron chi connectivity index (χ3n) is 7.06. The number of benzene rings is 2. The number of aliphatic hydroxyl groups excluding tert-OH is 1. The molecule has 5 atom stereocenters. The van der Waals surface area contributed by atoms with Crippen molar-refractivity contribution in [2.24, 2.45) is 11.7 Å². The van der Waals surface area contributed by atoms with Crippen molar-refractivity contribution in [2.45, 2.75) is 76.2 Å². The van der Waals surface area contributed by atoms with Crippen molar-refractivity contribution in [1.82, 2.24) is 21.3 Å². The summed E-state index contributed by atoms with van der Waals surface area (Å²) in [5.41, 5.74) is 7.28. The number of phenolic OH excluding ortho intramolecular Hbond substituents is 1. The molecule has 0 aliphatic carbocycles. The van der Waals surface area contributed by atoms with Gasteiger partial charge >= 0.3 is 11.9 Å². The summed E-state index contributed by atoms with van der Waals surface area (Å²) in [6.45, 7) is 2.72. The first-order chi connectivity index (χ1) is 22.2. The van der Waals surface area contributed by atoms with E-state index in [-0.39, 0.29) is 37.4 Å². The maximum absolute atomic E-state index is 13.6. The predicted molar refractivity (Wildman–Crippen MR) is 169 cm³/mol. The maximum atomic E-state index is 13.6. The zero-order valence-electron chi connectivity index (χ0n) is 26.2. The number of carboxylic acids is 2. The number of aliphatic hydroxyl groups is 1. The van der Waals surface area contributed by atoms with Crippen molar-refractivity contribution in [3.05, 3.63) is 65.7 Å². The van der Waals surface area contributed by atoms with Crippen LogP contribution < -0.4 is 27.0 Å². The first-order valence-corrected chi connectivity index (χ1v) is 15.0. The van der Waals surface area contributed by atoms with Crippen LogP contribution in [-0.4, -0.2) is 92.8 Å². The van der Waals surface area contributed by atoms with Gasteiger partial charge in [-0.3, -0.25) is 24.0 Å². The van der Waals surface area contributed by atoms with Gasteiger partial charge in [0.1, 0.15) is 29.9 Å². The van der Waals surface area contributed by atoms with Crippen LogP contribution in [0.5, 0.6) is 5.75 Å². The smallest absolute Gasteiger partial charge is 0.326 e. The number of nitrogens with one attached hydrogen (secondary N) is 4. The van der Waals surface area contributed by atoms with Crippen molar-refractivity contribution in [3.63, 3.8) is 0 Å². The predicted octanol–water partition coefficient (Wildman–Crippen LogP) is -0.568. The van der Waals surface area contributed by atoms with E-state index in [1.54, 1.807) is 56.3 Å². The van der Waals surface area contributed by atoms with Gasteiger partial charge in [-0.1, -0.05) is 56.3 Å². The van der Waals surface area contributed by atoms with E-state index in [9.17, 15) is 44.1 Å². The van der Waals surface area contributed by atoms with Gasteiger partial charge in [0.15, 0.2) is 0 Å². The number of hydrogen-bond acceptors (Lipinski definition) is 9. The highest BCUT2D eigenvalue weighted by Gasteiger charge is 2.32. The molecule has 2 rings (SSSR count). The van der Waals surface area contributed by atoms with E-state index in [1.807, 2.05) is 0 Å². The molecule has 4 amide bonds. The molecular weight excluding hydrogens is 614 g/mol. The highest BCUT2D eigenvalue weighted by Crippen LogP contribution is 2.12. The summed E-state index contributed by atoms with van der Waals surface area (Å²) in [7, 11) is 0. The number of phenols is 1. The van der Waals surface area contributed by atoms with Gasteiger partial charge in [0.05, 0.1) is 12.6 Å². The van der Waals surface area contributed by atoms with E-state index in [2.05, 4.69) is 21.3 Å². The molecule has 2 aromatic rings. The SMILES string of the molecule is CC(C)C[C@H](NC(=O)[C@H](Cc1ccccc1)NC(=O)[C@H](CO)NC(=O)[C@@H](N)Cc1ccc(O)cc1)C(=O)N[C@@H](CCC(=O)O)C(=O)O. The molecule has 0 aliphatic rings. The van der Waals surface area contributed by atoms with Crippen LogP contribution in [0.2, 0.25) is 0 Å². The van der Waals surface area contributed by atoms with Crippen LogP contribution in [0.3, 0.4) is 0 Å². The number of rotatable bonds is 19. The van der Waals surface area contributed by atoms with Crippen LogP contribution in [0.25, 0.3) is 0 Å². The van der Waals surface area contributed by atoms with Gasteiger partial charge < -0.3 is 47.4 Å². The second-order valence-electron chi connectivity index (χ2n) is 11.5. The first kappa shape index (κ1) is 38.2. The first-order valence-electron chi connectivity index (χ1n) is 15.0. The van der Waals surface area contributed by atoms with Gasteiger partial charge in [-0.2, -0.15) is 0 Å². The summed E-state index contributed by atoms with van der Waals surface area (Å²) < 4.78 is 0. The second kappa shape index (κ2) is 18.8. The van der Waals surface area contributed by atoms with Crippen molar-refractivity contribution < 1.29 is 49.2 Å². The van der Waals surface area contributed by atoms with E-state index in [4.69, 9.17) is 10.8 Å². The minimum Gasteiger partial charge on any atom is -0.508 e. The zero-order valence-corrected chi connectivity index (χ0v) is 26.2. The summed E-state index contributed by atoms with van der Waals surface area (Å²) in [6, 6.07) is 7.98. The lowest BCUT2D eigenvalue weighted by molar-refractivity contribution is -0.143. The van der Waals surface area contributed by atoms with Crippen LogP contribution in [0.1, 0.15) is 44.2 Å². The number of amides is 4. The molecule has 15 heteroatoms. The molecule has 15 nitrogen and oxygen atoms in total. The molecule has 0 saturated carbocycles. The van der Waals surface area contributed by atoms with Crippen LogP contribution in [0.4, 0.5) is 0 Å². The molecule has 0 aromatic heterocycles. The molecule has 10 N–H and O–H groups in total. The largest absolute Gasteiger partial charge is 0.508 e. The fraction of sp³-hybridized carbons (Fsp3) is 0.438. The Morgan fingerprint density at radius 3 is 1.74 bits per heavy atom. The Morgan fingerprint density at radius 2 is 1.19 bits per heavy atom. The fourth-order valence-electron chi connectivity index (χ4n) is 4.56. The van der Waals surface area contributed by atoms with Gasteiger partial charge in [-0.05, 0) is 48.4 Å². The average molecular weight is 658 g/mol. The Hall–Kier alpha value is -5.02. The van der Waals surface area contributed by atoms with Crippen LogP contribution >= 0.6 is 0 Å². The van der Waals surface area contributed by atoms with Crippen molar-refractivity contribution >= 4 is 35.6 Å². The van der Waals surface area contributed by atoms with Gasteiger partial charge in [0.2, 0.25) is 23.6 Å². The molecule has 0 bridgehead atoms. The minimum absolute atomic E-state index is 0.0363. The second-order valence-corrected chi connectivity index (χ2v) is 11.5.